The maximum absolute atomic E-state index is 6.07. The van der Waals surface area contributed by atoms with Crippen LogP contribution in [0, 0.1) is 0 Å². The molecule has 1 aliphatic rings. The van der Waals surface area contributed by atoms with Crippen molar-refractivity contribution in [3.8, 4) is 0 Å². The summed E-state index contributed by atoms with van der Waals surface area (Å²) in [5, 5.41) is 0.555. The van der Waals surface area contributed by atoms with Crippen molar-refractivity contribution in [3.63, 3.8) is 0 Å². The second-order valence-electron chi connectivity index (χ2n) is 4.53. The molecular weight excluding hydrogens is 344 g/mol. The molecule has 1 heterocycles. The van der Waals surface area contributed by atoms with Crippen LogP contribution in [0.5, 0.6) is 0 Å². The number of hydrogen-bond acceptors (Lipinski definition) is 3. The van der Waals surface area contributed by atoms with Gasteiger partial charge in [-0.2, -0.15) is 0 Å². The predicted octanol–water partition coefficient (Wildman–Crippen LogP) is 5.06. The first kappa shape index (κ1) is 13.4. The Balaban J connectivity index is 1.74. The minimum atomic E-state index is 0.555. The zero-order chi connectivity index (χ0) is 13.2. The first-order valence-corrected chi connectivity index (χ1v) is 8.29. The van der Waals surface area contributed by atoms with Crippen molar-refractivity contribution in [2.24, 2.45) is 0 Å². The van der Waals surface area contributed by atoms with Gasteiger partial charge in [-0.05, 0) is 47.0 Å². The molecule has 0 unspecified atom stereocenters. The molecule has 1 saturated carbocycles. The van der Waals surface area contributed by atoms with Crippen LogP contribution in [-0.4, -0.2) is 9.97 Å². The fourth-order valence-electron chi connectivity index (χ4n) is 1.84. The van der Waals surface area contributed by atoms with Crippen LogP contribution in [0.3, 0.4) is 0 Å². The third-order valence-electron chi connectivity index (χ3n) is 2.95. The number of nitrogens with zero attached hydrogens (tertiary/aromatic N) is 2. The van der Waals surface area contributed by atoms with Crippen molar-refractivity contribution < 1.29 is 0 Å². The molecule has 0 aliphatic heterocycles. The van der Waals surface area contributed by atoms with E-state index in [2.05, 4.69) is 32.0 Å². The van der Waals surface area contributed by atoms with Crippen molar-refractivity contribution in [3.05, 3.63) is 51.5 Å². The van der Waals surface area contributed by atoms with Gasteiger partial charge in [-0.25, -0.2) is 9.97 Å². The molecular formula is C14H12BrClN2S. The Morgan fingerprint density at radius 2 is 2.05 bits per heavy atom. The molecule has 5 heteroatoms. The number of thioether (sulfide) groups is 1. The smallest absolute Gasteiger partial charge is 0.140 e. The highest BCUT2D eigenvalue weighted by molar-refractivity contribution is 9.10. The van der Waals surface area contributed by atoms with E-state index in [0.29, 0.717) is 11.1 Å². The van der Waals surface area contributed by atoms with Crippen molar-refractivity contribution in [1.82, 2.24) is 9.97 Å². The van der Waals surface area contributed by atoms with Crippen LogP contribution < -0.4 is 0 Å². The van der Waals surface area contributed by atoms with E-state index in [1.165, 1.54) is 17.7 Å². The van der Waals surface area contributed by atoms with Crippen LogP contribution in [0.25, 0.3) is 0 Å². The van der Waals surface area contributed by atoms with Gasteiger partial charge in [0.15, 0.2) is 0 Å². The van der Waals surface area contributed by atoms with E-state index >= 15 is 0 Å². The minimum Gasteiger partial charge on any atom is -0.237 e. The quantitative estimate of drug-likeness (QED) is 0.566. The number of aromatic nitrogens is 2. The SMILES string of the molecule is Clc1cc(C2CC2)nc(CSc2ccccc2Br)n1. The van der Waals surface area contributed by atoms with Crippen molar-refractivity contribution >= 4 is 39.3 Å². The Kier molecular flexibility index (Phi) is 4.10. The summed E-state index contributed by atoms with van der Waals surface area (Å²) in [4.78, 5) is 10.1. The van der Waals surface area contributed by atoms with E-state index in [1.54, 1.807) is 11.8 Å². The summed E-state index contributed by atoms with van der Waals surface area (Å²) in [6.45, 7) is 0. The third-order valence-corrected chi connectivity index (χ3v) is 5.17. The Labute approximate surface area is 130 Å². The summed E-state index contributed by atoms with van der Waals surface area (Å²) >= 11 is 11.3. The summed E-state index contributed by atoms with van der Waals surface area (Å²) in [6.07, 6.45) is 2.45. The van der Waals surface area contributed by atoms with Crippen LogP contribution in [-0.2, 0) is 5.75 Å². The summed E-state index contributed by atoms with van der Waals surface area (Å²) in [7, 11) is 0. The summed E-state index contributed by atoms with van der Waals surface area (Å²) < 4.78 is 1.10. The average molecular weight is 356 g/mol. The van der Waals surface area contributed by atoms with Crippen LogP contribution in [0.15, 0.2) is 39.7 Å². The number of rotatable bonds is 4. The van der Waals surface area contributed by atoms with E-state index in [4.69, 9.17) is 11.6 Å². The van der Waals surface area contributed by atoms with Gasteiger partial charge in [-0.1, -0.05) is 23.7 Å². The van der Waals surface area contributed by atoms with Crippen molar-refractivity contribution in [2.45, 2.75) is 29.4 Å². The molecule has 0 saturated heterocycles. The van der Waals surface area contributed by atoms with Gasteiger partial charge in [0, 0.05) is 21.0 Å². The lowest BCUT2D eigenvalue weighted by Gasteiger charge is -2.05. The zero-order valence-electron chi connectivity index (χ0n) is 10.1. The number of hydrogen-bond donors (Lipinski definition) is 0. The fourth-order valence-corrected chi connectivity index (χ4v) is 3.47. The second-order valence-corrected chi connectivity index (χ2v) is 6.78. The van der Waals surface area contributed by atoms with E-state index < -0.39 is 0 Å². The lowest BCUT2D eigenvalue weighted by atomic mass is 10.3. The molecule has 0 N–H and O–H groups in total. The molecule has 98 valence electrons. The zero-order valence-corrected chi connectivity index (χ0v) is 13.3. The lowest BCUT2D eigenvalue weighted by Crippen LogP contribution is -1.97. The molecule has 1 aromatic carbocycles. The Hall–Kier alpha value is -0.580. The maximum atomic E-state index is 6.07. The monoisotopic (exact) mass is 354 g/mol. The van der Waals surface area contributed by atoms with Gasteiger partial charge in [0.1, 0.15) is 11.0 Å². The van der Waals surface area contributed by atoms with Gasteiger partial charge in [0.25, 0.3) is 0 Å². The average Bonchev–Trinajstić information content (AvgIpc) is 3.21. The number of benzene rings is 1. The van der Waals surface area contributed by atoms with Gasteiger partial charge < -0.3 is 0 Å². The molecule has 3 rings (SSSR count). The van der Waals surface area contributed by atoms with Crippen LogP contribution in [0.2, 0.25) is 5.15 Å². The molecule has 2 aromatic rings. The predicted molar refractivity (Wildman–Crippen MR) is 82.7 cm³/mol. The first-order valence-electron chi connectivity index (χ1n) is 6.13. The Morgan fingerprint density at radius 1 is 1.26 bits per heavy atom. The molecule has 0 spiro atoms. The van der Waals surface area contributed by atoms with Gasteiger partial charge >= 0.3 is 0 Å². The molecule has 0 atom stereocenters. The molecule has 0 amide bonds. The Bertz CT molecular complexity index is 602. The summed E-state index contributed by atoms with van der Waals surface area (Å²) in [6, 6.07) is 10.1. The largest absolute Gasteiger partial charge is 0.237 e. The van der Waals surface area contributed by atoms with Crippen molar-refractivity contribution in [2.75, 3.05) is 0 Å². The fraction of sp³-hybridized carbons (Fsp3) is 0.286. The lowest BCUT2D eigenvalue weighted by molar-refractivity contribution is 0.932. The molecule has 0 bridgehead atoms. The first-order chi connectivity index (χ1) is 9.22. The standard InChI is InChI=1S/C14H12BrClN2S/c15-10-3-1-2-4-12(10)19-8-14-17-11(9-5-6-9)7-13(16)18-14/h1-4,7,9H,5-6,8H2. The molecule has 19 heavy (non-hydrogen) atoms. The highest BCUT2D eigenvalue weighted by Crippen LogP contribution is 2.39. The van der Waals surface area contributed by atoms with Gasteiger partial charge in [-0.3, -0.25) is 0 Å². The molecule has 0 radical (unpaired) electrons. The number of halogens is 2. The highest BCUT2D eigenvalue weighted by atomic mass is 79.9. The molecule has 2 nitrogen and oxygen atoms in total. The van der Waals surface area contributed by atoms with Crippen LogP contribution in [0.4, 0.5) is 0 Å². The highest BCUT2D eigenvalue weighted by Gasteiger charge is 2.25. The van der Waals surface area contributed by atoms with E-state index in [-0.39, 0.29) is 0 Å². The summed E-state index contributed by atoms with van der Waals surface area (Å²) in [5.41, 5.74) is 1.10. The minimum absolute atomic E-state index is 0.555. The topological polar surface area (TPSA) is 25.8 Å². The van der Waals surface area contributed by atoms with Gasteiger partial charge in [0.05, 0.1) is 5.75 Å². The third kappa shape index (κ3) is 3.50. The van der Waals surface area contributed by atoms with E-state index in [0.717, 1.165) is 21.7 Å². The van der Waals surface area contributed by atoms with Gasteiger partial charge in [0.2, 0.25) is 0 Å². The van der Waals surface area contributed by atoms with E-state index in [9.17, 15) is 0 Å². The van der Waals surface area contributed by atoms with E-state index in [1.807, 2.05) is 24.3 Å². The Morgan fingerprint density at radius 3 is 2.79 bits per heavy atom. The molecule has 1 fully saturated rings. The normalized spacial score (nSPS) is 14.6. The second kappa shape index (κ2) is 5.81. The molecule has 1 aromatic heterocycles. The van der Waals surface area contributed by atoms with Crippen LogP contribution >= 0.6 is 39.3 Å². The van der Waals surface area contributed by atoms with Crippen LogP contribution in [0.1, 0.15) is 30.3 Å². The maximum Gasteiger partial charge on any atom is 0.140 e. The van der Waals surface area contributed by atoms with Gasteiger partial charge in [-0.15, -0.1) is 11.8 Å². The van der Waals surface area contributed by atoms with Crippen molar-refractivity contribution in [1.29, 1.82) is 0 Å². The summed E-state index contributed by atoms with van der Waals surface area (Å²) in [5.74, 6) is 2.16. The molecule has 1 aliphatic carbocycles.